The van der Waals surface area contributed by atoms with Crippen molar-refractivity contribution in [3.05, 3.63) is 10.6 Å². The van der Waals surface area contributed by atoms with Crippen molar-refractivity contribution < 1.29 is 0 Å². The van der Waals surface area contributed by atoms with Crippen LogP contribution in [0.1, 0.15) is 31.0 Å². The van der Waals surface area contributed by atoms with E-state index in [-0.39, 0.29) is 0 Å². The lowest BCUT2D eigenvalue weighted by Crippen LogP contribution is -2.03. The molecule has 0 spiro atoms. The lowest BCUT2D eigenvalue weighted by molar-refractivity contribution is 0.456. The van der Waals surface area contributed by atoms with Crippen molar-refractivity contribution in [2.75, 3.05) is 0 Å². The summed E-state index contributed by atoms with van der Waals surface area (Å²) in [5.41, 5.74) is 0. The zero-order valence-corrected chi connectivity index (χ0v) is 9.63. The number of aromatic amines is 1. The Bertz CT molecular complexity index is 458. The van der Waals surface area contributed by atoms with Gasteiger partial charge in [0.15, 0.2) is 4.77 Å². The molecule has 3 aliphatic carbocycles. The number of fused-ring (bicyclic) bond motifs is 5. The van der Waals surface area contributed by atoms with E-state index < -0.39 is 0 Å². The Labute approximate surface area is 93.9 Å². The monoisotopic (exact) mass is 221 g/mol. The Morgan fingerprint density at radius 1 is 1.33 bits per heavy atom. The molecule has 3 aliphatic rings. The first kappa shape index (κ1) is 8.50. The van der Waals surface area contributed by atoms with E-state index in [4.69, 9.17) is 12.2 Å². The largest absolute Gasteiger partial charge is 0.307 e. The average Bonchev–Trinajstić information content (AvgIpc) is 2.60. The molecular weight excluding hydrogens is 206 g/mol. The summed E-state index contributed by atoms with van der Waals surface area (Å²) in [6, 6.07) is 0. The summed E-state index contributed by atoms with van der Waals surface area (Å²) in [6.07, 6.45) is 4.44. The van der Waals surface area contributed by atoms with Gasteiger partial charge in [-0.2, -0.15) is 5.10 Å². The van der Waals surface area contributed by atoms with Gasteiger partial charge in [0.1, 0.15) is 5.82 Å². The van der Waals surface area contributed by atoms with Gasteiger partial charge in [-0.1, -0.05) is 0 Å². The summed E-state index contributed by atoms with van der Waals surface area (Å²) in [6.45, 7) is 0. The van der Waals surface area contributed by atoms with E-state index in [9.17, 15) is 0 Å². The van der Waals surface area contributed by atoms with Crippen LogP contribution in [0.25, 0.3) is 0 Å². The molecule has 2 bridgehead atoms. The van der Waals surface area contributed by atoms with Crippen LogP contribution >= 0.6 is 12.2 Å². The quantitative estimate of drug-likeness (QED) is 0.738. The van der Waals surface area contributed by atoms with Crippen LogP contribution in [-0.4, -0.2) is 14.8 Å². The minimum absolute atomic E-state index is 0.731. The topological polar surface area (TPSA) is 33.6 Å². The first-order valence-corrected chi connectivity index (χ1v) is 6.29. The minimum atomic E-state index is 0.731. The summed E-state index contributed by atoms with van der Waals surface area (Å²) in [5, 5.41) is 7.32. The zero-order valence-electron chi connectivity index (χ0n) is 8.81. The van der Waals surface area contributed by atoms with Crippen molar-refractivity contribution in [1.29, 1.82) is 0 Å². The van der Waals surface area contributed by atoms with Gasteiger partial charge in [0.2, 0.25) is 0 Å². The molecule has 80 valence electrons. The Morgan fingerprint density at radius 2 is 2.00 bits per heavy atom. The number of nitrogens with one attached hydrogen (secondary N) is 1. The van der Waals surface area contributed by atoms with E-state index in [2.05, 4.69) is 14.8 Å². The van der Waals surface area contributed by atoms with Crippen molar-refractivity contribution in [1.82, 2.24) is 14.8 Å². The van der Waals surface area contributed by atoms with E-state index in [1.807, 2.05) is 7.05 Å². The molecule has 3 fully saturated rings. The third kappa shape index (κ3) is 0.917. The average molecular weight is 221 g/mol. The zero-order chi connectivity index (χ0) is 10.2. The van der Waals surface area contributed by atoms with Crippen LogP contribution in [0, 0.1) is 28.4 Å². The molecule has 4 atom stereocenters. The lowest BCUT2D eigenvalue weighted by atomic mass is 10.0. The number of hydrogen-bond acceptors (Lipinski definition) is 2. The van der Waals surface area contributed by atoms with E-state index >= 15 is 0 Å². The van der Waals surface area contributed by atoms with Crippen LogP contribution in [0.4, 0.5) is 0 Å². The predicted molar refractivity (Wildman–Crippen MR) is 58.9 cm³/mol. The van der Waals surface area contributed by atoms with Gasteiger partial charge in [-0.3, -0.25) is 5.10 Å². The van der Waals surface area contributed by atoms with Crippen LogP contribution in [-0.2, 0) is 7.05 Å². The normalized spacial score (nSPS) is 45.8. The second kappa shape index (κ2) is 2.54. The van der Waals surface area contributed by atoms with Gasteiger partial charge < -0.3 is 4.57 Å². The number of hydrogen-bond donors (Lipinski definition) is 1. The second-order valence-electron chi connectivity index (χ2n) is 5.46. The predicted octanol–water partition coefficient (Wildman–Crippen LogP) is 2.24. The van der Waals surface area contributed by atoms with Gasteiger partial charge in [-0.15, -0.1) is 0 Å². The molecule has 1 aromatic rings. The summed E-state index contributed by atoms with van der Waals surface area (Å²) in [5.74, 6) is 5.87. The van der Waals surface area contributed by atoms with E-state index in [1.54, 1.807) is 0 Å². The van der Waals surface area contributed by atoms with Crippen LogP contribution < -0.4 is 0 Å². The SMILES string of the molecule is Cn1c(C2C3C4CCC(C4)C23)n[nH]c1=S. The van der Waals surface area contributed by atoms with Crippen LogP contribution in [0.15, 0.2) is 0 Å². The molecule has 1 heterocycles. The van der Waals surface area contributed by atoms with Crippen molar-refractivity contribution in [2.24, 2.45) is 30.7 Å². The molecule has 4 rings (SSSR count). The fourth-order valence-electron chi connectivity index (χ4n) is 4.33. The van der Waals surface area contributed by atoms with Crippen LogP contribution in [0.5, 0.6) is 0 Å². The van der Waals surface area contributed by atoms with Gasteiger partial charge in [-0.25, -0.2) is 0 Å². The number of aromatic nitrogens is 3. The van der Waals surface area contributed by atoms with Gasteiger partial charge >= 0.3 is 0 Å². The van der Waals surface area contributed by atoms with Crippen molar-refractivity contribution in [3.63, 3.8) is 0 Å². The number of rotatable bonds is 1. The van der Waals surface area contributed by atoms with Gasteiger partial charge in [0.25, 0.3) is 0 Å². The fraction of sp³-hybridized carbons (Fsp3) is 0.818. The van der Waals surface area contributed by atoms with Crippen molar-refractivity contribution in [2.45, 2.75) is 25.2 Å². The van der Waals surface area contributed by atoms with E-state index in [0.29, 0.717) is 0 Å². The Balaban J connectivity index is 1.72. The second-order valence-corrected chi connectivity index (χ2v) is 5.85. The summed E-state index contributed by atoms with van der Waals surface area (Å²) in [7, 11) is 2.04. The molecular formula is C11H15N3S. The Morgan fingerprint density at radius 3 is 2.53 bits per heavy atom. The maximum Gasteiger partial charge on any atom is 0.194 e. The standard InChI is InChI=1S/C11H15N3S/c1-14-10(12-13-11(14)15)9-7-5-2-3-6(4-5)8(7)9/h5-9H,2-4H2,1H3,(H,13,15). The molecule has 3 saturated carbocycles. The van der Waals surface area contributed by atoms with Crippen LogP contribution in [0.3, 0.4) is 0 Å². The van der Waals surface area contributed by atoms with Crippen molar-refractivity contribution >= 4 is 12.2 Å². The molecule has 0 aliphatic heterocycles. The highest BCUT2D eigenvalue weighted by Crippen LogP contribution is 2.72. The molecule has 0 aromatic carbocycles. The fourth-order valence-corrected chi connectivity index (χ4v) is 4.47. The molecule has 15 heavy (non-hydrogen) atoms. The molecule has 0 radical (unpaired) electrons. The first-order valence-electron chi connectivity index (χ1n) is 5.88. The molecule has 0 saturated heterocycles. The Hall–Kier alpha value is -0.640. The molecule has 0 amide bonds. The first-order chi connectivity index (χ1) is 7.27. The highest BCUT2D eigenvalue weighted by atomic mass is 32.1. The van der Waals surface area contributed by atoms with Gasteiger partial charge in [-0.05, 0) is 55.2 Å². The number of nitrogens with zero attached hydrogens (tertiary/aromatic N) is 2. The third-order valence-corrected chi connectivity index (χ3v) is 5.31. The smallest absolute Gasteiger partial charge is 0.194 e. The Kier molecular flexibility index (Phi) is 1.44. The summed E-state index contributed by atoms with van der Waals surface area (Å²) in [4.78, 5) is 0. The summed E-state index contributed by atoms with van der Waals surface area (Å²) < 4.78 is 2.83. The third-order valence-electron chi connectivity index (χ3n) is 4.95. The lowest BCUT2D eigenvalue weighted by Gasteiger charge is -2.07. The molecule has 3 nitrogen and oxygen atoms in total. The molecule has 4 heteroatoms. The van der Waals surface area contributed by atoms with Gasteiger partial charge in [0, 0.05) is 13.0 Å². The summed E-state index contributed by atoms with van der Waals surface area (Å²) >= 11 is 5.17. The van der Waals surface area contributed by atoms with Crippen molar-refractivity contribution in [3.8, 4) is 0 Å². The molecule has 1 aromatic heterocycles. The highest BCUT2D eigenvalue weighted by Gasteiger charge is 2.66. The minimum Gasteiger partial charge on any atom is -0.307 e. The highest BCUT2D eigenvalue weighted by molar-refractivity contribution is 7.71. The number of H-pyrrole nitrogens is 1. The maximum absolute atomic E-state index is 5.17. The van der Waals surface area contributed by atoms with Crippen LogP contribution in [0.2, 0.25) is 0 Å². The van der Waals surface area contributed by atoms with E-state index in [1.165, 1.54) is 25.1 Å². The molecule has 1 N–H and O–H groups in total. The maximum atomic E-state index is 5.17. The molecule has 4 unspecified atom stereocenters. The van der Waals surface area contributed by atoms with Gasteiger partial charge in [0.05, 0.1) is 0 Å². The van der Waals surface area contributed by atoms with E-state index in [0.717, 1.165) is 34.4 Å².